The summed E-state index contributed by atoms with van der Waals surface area (Å²) in [5.41, 5.74) is 1.81. The molecule has 1 aromatic heterocycles. The minimum atomic E-state index is 0.307. The number of rotatable bonds is 6. The Balaban J connectivity index is 2.01. The lowest BCUT2D eigenvalue weighted by molar-refractivity contribution is -0.119. The number of Topliss-reactive ketones (excluding diaryl/α,β-unsaturated/α-hetero) is 1. The number of halogens is 1. The normalized spacial score (nSPS) is 16.6. The third-order valence-corrected chi connectivity index (χ3v) is 5.40. The van der Waals surface area contributed by atoms with Crippen LogP contribution in [-0.4, -0.2) is 27.1 Å². The molecule has 0 amide bonds. The summed E-state index contributed by atoms with van der Waals surface area (Å²) in [5, 5.41) is 5.17. The molecule has 1 aliphatic rings. The topological polar surface area (TPSA) is 34.9 Å². The van der Waals surface area contributed by atoms with Crippen molar-refractivity contribution in [1.82, 2.24) is 9.78 Å². The molecule has 0 radical (unpaired) electrons. The predicted molar refractivity (Wildman–Crippen MR) is 85.7 cm³/mol. The molecule has 1 saturated heterocycles. The SMILES string of the molecule is CCc1nn(CC)c(CC(=O)CC2CCSCC2)c1Cl. The van der Waals surface area contributed by atoms with Gasteiger partial charge in [-0.2, -0.15) is 16.9 Å². The van der Waals surface area contributed by atoms with Gasteiger partial charge in [0.15, 0.2) is 0 Å². The van der Waals surface area contributed by atoms with Gasteiger partial charge in [-0.1, -0.05) is 18.5 Å². The van der Waals surface area contributed by atoms with Crippen LogP contribution in [0.2, 0.25) is 5.02 Å². The van der Waals surface area contributed by atoms with Crippen LogP contribution in [0.4, 0.5) is 0 Å². The highest BCUT2D eigenvalue weighted by atomic mass is 35.5. The van der Waals surface area contributed by atoms with Crippen molar-refractivity contribution in [3.05, 3.63) is 16.4 Å². The van der Waals surface area contributed by atoms with Crippen LogP contribution in [0.3, 0.4) is 0 Å². The second-order valence-electron chi connectivity index (χ2n) is 5.35. The molecule has 0 saturated carbocycles. The van der Waals surface area contributed by atoms with E-state index in [0.29, 0.717) is 29.6 Å². The van der Waals surface area contributed by atoms with Crippen LogP contribution in [-0.2, 0) is 24.2 Å². The lowest BCUT2D eigenvalue weighted by atomic mass is 9.94. The Kier molecular flexibility index (Phi) is 5.97. The van der Waals surface area contributed by atoms with Crippen molar-refractivity contribution in [1.29, 1.82) is 0 Å². The van der Waals surface area contributed by atoms with Crippen molar-refractivity contribution in [3.8, 4) is 0 Å². The van der Waals surface area contributed by atoms with Gasteiger partial charge in [0.05, 0.1) is 16.4 Å². The fourth-order valence-corrected chi connectivity index (χ4v) is 4.26. The summed E-state index contributed by atoms with van der Waals surface area (Å²) in [6.07, 6.45) is 4.30. The molecule has 5 heteroatoms. The van der Waals surface area contributed by atoms with Gasteiger partial charge >= 0.3 is 0 Å². The van der Waals surface area contributed by atoms with E-state index in [1.54, 1.807) is 0 Å². The average molecular weight is 315 g/mol. The lowest BCUT2D eigenvalue weighted by Gasteiger charge is -2.20. The van der Waals surface area contributed by atoms with Gasteiger partial charge in [0.2, 0.25) is 0 Å². The number of thioether (sulfide) groups is 1. The van der Waals surface area contributed by atoms with E-state index in [1.807, 2.05) is 30.3 Å². The average Bonchev–Trinajstić information content (AvgIpc) is 2.76. The molecule has 0 atom stereocenters. The molecule has 3 nitrogen and oxygen atoms in total. The number of nitrogens with zero attached hydrogens (tertiary/aromatic N) is 2. The molecule has 0 aliphatic carbocycles. The van der Waals surface area contributed by atoms with Gasteiger partial charge in [-0.05, 0) is 43.6 Å². The first-order chi connectivity index (χ1) is 9.65. The van der Waals surface area contributed by atoms with Crippen molar-refractivity contribution >= 4 is 29.1 Å². The third kappa shape index (κ3) is 3.79. The highest BCUT2D eigenvalue weighted by Gasteiger charge is 2.21. The van der Waals surface area contributed by atoms with Crippen molar-refractivity contribution < 1.29 is 4.79 Å². The molecule has 1 fully saturated rings. The molecule has 0 N–H and O–H groups in total. The molecule has 2 heterocycles. The molecular weight excluding hydrogens is 292 g/mol. The quantitative estimate of drug-likeness (QED) is 0.802. The van der Waals surface area contributed by atoms with Crippen molar-refractivity contribution in [3.63, 3.8) is 0 Å². The number of ketones is 1. The second kappa shape index (κ2) is 7.51. The molecular formula is C15H23ClN2OS. The second-order valence-corrected chi connectivity index (χ2v) is 6.95. The minimum Gasteiger partial charge on any atom is -0.299 e. The molecule has 1 aromatic rings. The van der Waals surface area contributed by atoms with E-state index in [9.17, 15) is 4.79 Å². The highest BCUT2D eigenvalue weighted by Crippen LogP contribution is 2.27. The predicted octanol–water partition coefficient (Wildman–Crippen LogP) is 3.76. The molecule has 20 heavy (non-hydrogen) atoms. The van der Waals surface area contributed by atoms with Crippen molar-refractivity contribution in [2.75, 3.05) is 11.5 Å². The Hall–Kier alpha value is -0.480. The summed E-state index contributed by atoms with van der Waals surface area (Å²) >= 11 is 8.35. The standard InChI is InChI=1S/C15H23ClN2OS/c1-3-13-15(16)14(18(4-2)17-13)10-12(19)9-11-5-7-20-8-6-11/h11H,3-10H2,1-2H3. The maximum absolute atomic E-state index is 12.3. The fraction of sp³-hybridized carbons (Fsp3) is 0.733. The summed E-state index contributed by atoms with van der Waals surface area (Å²) in [6.45, 7) is 4.84. The summed E-state index contributed by atoms with van der Waals surface area (Å²) < 4.78 is 1.88. The van der Waals surface area contributed by atoms with Crippen molar-refractivity contribution in [2.24, 2.45) is 5.92 Å². The van der Waals surface area contributed by atoms with Gasteiger partial charge in [-0.15, -0.1) is 0 Å². The molecule has 112 valence electrons. The number of aromatic nitrogens is 2. The van der Waals surface area contributed by atoms with Gasteiger partial charge in [0.1, 0.15) is 5.78 Å². The van der Waals surface area contributed by atoms with Gasteiger partial charge in [0.25, 0.3) is 0 Å². The summed E-state index contributed by atoms with van der Waals surface area (Å²) in [5.74, 6) is 3.28. The molecule has 2 rings (SSSR count). The first-order valence-corrected chi connectivity index (χ1v) is 9.02. The zero-order valence-corrected chi connectivity index (χ0v) is 13.9. The number of hydrogen-bond donors (Lipinski definition) is 0. The largest absolute Gasteiger partial charge is 0.299 e. The van der Waals surface area contributed by atoms with E-state index < -0.39 is 0 Å². The molecule has 0 unspecified atom stereocenters. The van der Waals surface area contributed by atoms with Crippen LogP contribution >= 0.6 is 23.4 Å². The van der Waals surface area contributed by atoms with Gasteiger partial charge in [0, 0.05) is 19.4 Å². The van der Waals surface area contributed by atoms with Crippen LogP contribution in [0, 0.1) is 5.92 Å². The number of hydrogen-bond acceptors (Lipinski definition) is 3. The molecule has 1 aliphatic heterocycles. The van der Waals surface area contributed by atoms with E-state index in [-0.39, 0.29) is 0 Å². The van der Waals surface area contributed by atoms with E-state index in [0.717, 1.165) is 24.4 Å². The zero-order valence-electron chi connectivity index (χ0n) is 12.3. The van der Waals surface area contributed by atoms with Crippen LogP contribution in [0.5, 0.6) is 0 Å². The van der Waals surface area contributed by atoms with Gasteiger partial charge in [-0.25, -0.2) is 0 Å². The van der Waals surface area contributed by atoms with E-state index in [1.165, 1.54) is 24.3 Å². The lowest BCUT2D eigenvalue weighted by Crippen LogP contribution is -2.17. The zero-order chi connectivity index (χ0) is 14.5. The Morgan fingerprint density at radius 2 is 2.10 bits per heavy atom. The molecule has 0 bridgehead atoms. The first-order valence-electron chi connectivity index (χ1n) is 7.49. The van der Waals surface area contributed by atoms with Gasteiger partial charge in [-0.3, -0.25) is 9.48 Å². The number of aryl methyl sites for hydroxylation is 2. The number of carbonyl (C=O) groups excluding carboxylic acids is 1. The van der Waals surface area contributed by atoms with E-state index in [4.69, 9.17) is 11.6 Å². The van der Waals surface area contributed by atoms with E-state index >= 15 is 0 Å². The Labute approximate surface area is 130 Å². The maximum atomic E-state index is 12.3. The Morgan fingerprint density at radius 3 is 2.70 bits per heavy atom. The molecule has 0 aromatic carbocycles. The third-order valence-electron chi connectivity index (χ3n) is 3.92. The Bertz CT molecular complexity index is 467. The summed E-state index contributed by atoms with van der Waals surface area (Å²) in [6, 6.07) is 0. The summed E-state index contributed by atoms with van der Waals surface area (Å²) in [7, 11) is 0. The van der Waals surface area contributed by atoms with Crippen LogP contribution < -0.4 is 0 Å². The maximum Gasteiger partial charge on any atom is 0.139 e. The van der Waals surface area contributed by atoms with Gasteiger partial charge < -0.3 is 0 Å². The van der Waals surface area contributed by atoms with Crippen LogP contribution in [0.15, 0.2) is 0 Å². The van der Waals surface area contributed by atoms with Crippen LogP contribution in [0.25, 0.3) is 0 Å². The van der Waals surface area contributed by atoms with Crippen molar-refractivity contribution in [2.45, 2.75) is 52.5 Å². The fourth-order valence-electron chi connectivity index (χ4n) is 2.72. The van der Waals surface area contributed by atoms with Crippen LogP contribution in [0.1, 0.15) is 44.5 Å². The molecule has 0 spiro atoms. The summed E-state index contributed by atoms with van der Waals surface area (Å²) in [4.78, 5) is 12.3. The number of carbonyl (C=O) groups is 1. The Morgan fingerprint density at radius 1 is 1.40 bits per heavy atom. The smallest absolute Gasteiger partial charge is 0.139 e. The highest BCUT2D eigenvalue weighted by molar-refractivity contribution is 7.99. The van der Waals surface area contributed by atoms with E-state index in [2.05, 4.69) is 5.10 Å². The monoisotopic (exact) mass is 314 g/mol. The minimum absolute atomic E-state index is 0.307. The first kappa shape index (κ1) is 15.9.